The predicted octanol–water partition coefficient (Wildman–Crippen LogP) is 4.68. The molecule has 8 heteroatoms. The molecule has 2 aromatic rings. The second-order valence-corrected chi connectivity index (χ2v) is 8.69. The first kappa shape index (κ1) is 22.2. The van der Waals surface area contributed by atoms with Crippen LogP contribution in [0.2, 0.25) is 0 Å². The molecule has 32 heavy (non-hydrogen) atoms. The number of ketones is 1. The summed E-state index contributed by atoms with van der Waals surface area (Å²) in [6.07, 6.45) is 3.53. The highest BCUT2D eigenvalue weighted by Crippen LogP contribution is 2.48. The number of Topliss-reactive ketones (excluding diaryl/α,β-unsaturated/α-hetero) is 1. The Labute approximate surface area is 195 Å². The number of nitrogens with zero attached hydrogens (tertiary/aromatic N) is 2. The Kier molecular flexibility index (Phi) is 6.41. The van der Waals surface area contributed by atoms with Crippen LogP contribution in [0.4, 0.5) is 5.82 Å². The SMILES string of the molecule is COc1cccc([C@@H]2C3=C(CCCC3=O)N=C(C)C2C(=O)Nc2ccc(Br)cn2)c1OC. The lowest BCUT2D eigenvalue weighted by Gasteiger charge is -2.35. The van der Waals surface area contributed by atoms with E-state index in [0.29, 0.717) is 41.4 Å². The van der Waals surface area contributed by atoms with Crippen molar-refractivity contribution < 1.29 is 19.1 Å². The van der Waals surface area contributed by atoms with E-state index in [2.05, 4.69) is 26.2 Å². The third-order valence-corrected chi connectivity index (χ3v) is 6.33. The van der Waals surface area contributed by atoms with Gasteiger partial charge in [-0.1, -0.05) is 12.1 Å². The van der Waals surface area contributed by atoms with Gasteiger partial charge in [0.1, 0.15) is 5.82 Å². The van der Waals surface area contributed by atoms with Crippen LogP contribution in [0, 0.1) is 5.92 Å². The van der Waals surface area contributed by atoms with Gasteiger partial charge in [-0.05, 0) is 53.9 Å². The summed E-state index contributed by atoms with van der Waals surface area (Å²) < 4.78 is 12.0. The highest BCUT2D eigenvalue weighted by atomic mass is 79.9. The molecule has 2 atom stereocenters. The van der Waals surface area contributed by atoms with E-state index in [1.165, 1.54) is 0 Å². The van der Waals surface area contributed by atoms with E-state index >= 15 is 0 Å². The molecule has 0 saturated heterocycles. The number of nitrogens with one attached hydrogen (secondary N) is 1. The minimum absolute atomic E-state index is 0.0249. The fraction of sp³-hybridized carbons (Fsp3) is 0.333. The van der Waals surface area contributed by atoms with E-state index < -0.39 is 11.8 Å². The first-order valence-electron chi connectivity index (χ1n) is 10.4. The van der Waals surface area contributed by atoms with E-state index in [1.807, 2.05) is 19.1 Å². The summed E-state index contributed by atoms with van der Waals surface area (Å²) in [5.74, 6) is 0.0109. The maximum Gasteiger partial charge on any atom is 0.235 e. The van der Waals surface area contributed by atoms with Crippen LogP contribution in [0.25, 0.3) is 0 Å². The van der Waals surface area contributed by atoms with Gasteiger partial charge in [-0.15, -0.1) is 0 Å². The normalized spacial score (nSPS) is 20.4. The van der Waals surface area contributed by atoms with E-state index in [1.54, 1.807) is 38.6 Å². The van der Waals surface area contributed by atoms with E-state index in [0.717, 1.165) is 22.2 Å². The van der Waals surface area contributed by atoms with E-state index in [4.69, 9.17) is 14.5 Å². The Morgan fingerprint density at radius 3 is 2.66 bits per heavy atom. The molecule has 0 radical (unpaired) electrons. The molecule has 1 aliphatic carbocycles. The summed E-state index contributed by atoms with van der Waals surface area (Å²) in [6.45, 7) is 1.84. The van der Waals surface area contributed by atoms with Crippen molar-refractivity contribution in [1.29, 1.82) is 0 Å². The third kappa shape index (κ3) is 4.07. The molecule has 1 amide bonds. The van der Waals surface area contributed by atoms with Gasteiger partial charge in [0.15, 0.2) is 17.3 Å². The largest absolute Gasteiger partial charge is 0.493 e. The molecular formula is C24H24BrN3O4. The molecule has 166 valence electrons. The summed E-state index contributed by atoms with van der Waals surface area (Å²) >= 11 is 3.35. The first-order valence-corrected chi connectivity index (χ1v) is 11.2. The molecule has 4 rings (SSSR count). The minimum atomic E-state index is -0.692. The van der Waals surface area contributed by atoms with Crippen LogP contribution >= 0.6 is 15.9 Å². The van der Waals surface area contributed by atoms with Crippen molar-refractivity contribution in [3.05, 3.63) is 57.8 Å². The molecule has 2 aliphatic rings. The Hall–Kier alpha value is -3.00. The number of halogens is 1. The topological polar surface area (TPSA) is 89.9 Å². The van der Waals surface area contributed by atoms with Crippen molar-refractivity contribution in [2.45, 2.75) is 32.1 Å². The van der Waals surface area contributed by atoms with Crippen molar-refractivity contribution in [3.8, 4) is 11.5 Å². The summed E-state index contributed by atoms with van der Waals surface area (Å²) in [5.41, 5.74) is 2.74. The maximum atomic E-state index is 13.5. The number of para-hydroxylation sites is 1. The van der Waals surface area contributed by atoms with Crippen LogP contribution < -0.4 is 14.8 Å². The van der Waals surface area contributed by atoms with Gasteiger partial charge >= 0.3 is 0 Å². The highest BCUT2D eigenvalue weighted by Gasteiger charge is 2.43. The lowest BCUT2D eigenvalue weighted by Crippen LogP contribution is -2.39. The number of ether oxygens (including phenoxy) is 2. The molecule has 0 bridgehead atoms. The number of aliphatic imine (C=N–C) groups is 1. The predicted molar refractivity (Wildman–Crippen MR) is 125 cm³/mol. The van der Waals surface area contributed by atoms with Crippen LogP contribution in [0.3, 0.4) is 0 Å². The molecule has 7 nitrogen and oxygen atoms in total. The second-order valence-electron chi connectivity index (χ2n) is 7.78. The second kappa shape index (κ2) is 9.24. The highest BCUT2D eigenvalue weighted by molar-refractivity contribution is 9.10. The number of aromatic nitrogens is 1. The fourth-order valence-electron chi connectivity index (χ4n) is 4.49. The van der Waals surface area contributed by atoms with Crippen molar-refractivity contribution in [1.82, 2.24) is 4.98 Å². The van der Waals surface area contributed by atoms with Gasteiger partial charge < -0.3 is 14.8 Å². The number of hydrogen-bond acceptors (Lipinski definition) is 6. The molecule has 1 aromatic heterocycles. The fourth-order valence-corrected chi connectivity index (χ4v) is 4.73. The van der Waals surface area contributed by atoms with Gasteiger partial charge in [0.25, 0.3) is 0 Å². The molecule has 1 aromatic carbocycles. The first-order chi connectivity index (χ1) is 15.4. The molecular weight excluding hydrogens is 474 g/mol. The number of rotatable bonds is 5. The zero-order valence-electron chi connectivity index (χ0n) is 18.1. The van der Waals surface area contributed by atoms with Crippen molar-refractivity contribution in [2.75, 3.05) is 19.5 Å². The Bertz CT molecular complexity index is 1120. The Morgan fingerprint density at radius 1 is 1.16 bits per heavy atom. The zero-order chi connectivity index (χ0) is 22.8. The zero-order valence-corrected chi connectivity index (χ0v) is 19.7. The summed E-state index contributed by atoms with van der Waals surface area (Å²) in [7, 11) is 3.12. The number of pyridine rings is 1. The molecule has 2 heterocycles. The van der Waals surface area contributed by atoms with Crippen molar-refractivity contribution in [3.63, 3.8) is 0 Å². The van der Waals surface area contributed by atoms with Crippen LogP contribution in [0.15, 0.2) is 57.3 Å². The van der Waals surface area contributed by atoms with Crippen LogP contribution in [-0.2, 0) is 9.59 Å². The van der Waals surface area contributed by atoms with Gasteiger partial charge in [0.2, 0.25) is 5.91 Å². The molecule has 0 saturated carbocycles. The van der Waals surface area contributed by atoms with Gasteiger partial charge in [-0.3, -0.25) is 14.6 Å². The van der Waals surface area contributed by atoms with Gasteiger partial charge in [0.05, 0.1) is 20.1 Å². The van der Waals surface area contributed by atoms with Gasteiger partial charge in [0, 0.05) is 45.6 Å². The number of anilines is 1. The van der Waals surface area contributed by atoms with E-state index in [-0.39, 0.29) is 11.7 Å². The van der Waals surface area contributed by atoms with Gasteiger partial charge in [-0.2, -0.15) is 0 Å². The number of methoxy groups -OCH3 is 2. The number of carbonyl (C=O) groups is 2. The molecule has 1 unspecified atom stereocenters. The van der Waals surface area contributed by atoms with E-state index in [9.17, 15) is 9.59 Å². The number of hydrogen-bond donors (Lipinski definition) is 1. The van der Waals surface area contributed by atoms with Crippen LogP contribution in [0.1, 0.15) is 37.7 Å². The lowest BCUT2D eigenvalue weighted by molar-refractivity contribution is -0.119. The molecule has 0 spiro atoms. The monoisotopic (exact) mass is 497 g/mol. The summed E-state index contributed by atoms with van der Waals surface area (Å²) in [4.78, 5) is 35.6. The maximum absolute atomic E-state index is 13.5. The number of carbonyl (C=O) groups excluding carboxylic acids is 2. The summed E-state index contributed by atoms with van der Waals surface area (Å²) in [6, 6.07) is 9.05. The van der Waals surface area contributed by atoms with Gasteiger partial charge in [-0.25, -0.2) is 4.98 Å². The molecule has 0 fully saturated rings. The van der Waals surface area contributed by atoms with Crippen LogP contribution in [0.5, 0.6) is 11.5 Å². The number of amides is 1. The average Bonchev–Trinajstić information content (AvgIpc) is 2.79. The Morgan fingerprint density at radius 2 is 1.97 bits per heavy atom. The Balaban J connectivity index is 1.84. The minimum Gasteiger partial charge on any atom is -0.493 e. The van der Waals surface area contributed by atoms with Crippen LogP contribution in [-0.4, -0.2) is 36.6 Å². The molecule has 1 aliphatic heterocycles. The lowest BCUT2D eigenvalue weighted by atomic mass is 9.71. The number of allylic oxidation sites excluding steroid dienone is 2. The smallest absolute Gasteiger partial charge is 0.235 e. The average molecular weight is 498 g/mol. The van der Waals surface area contributed by atoms with Crippen molar-refractivity contribution in [2.24, 2.45) is 10.9 Å². The molecule has 1 N–H and O–H groups in total. The summed E-state index contributed by atoms with van der Waals surface area (Å²) in [5, 5.41) is 2.89. The third-order valence-electron chi connectivity index (χ3n) is 5.86. The quantitative estimate of drug-likeness (QED) is 0.647. The number of benzene rings is 1. The van der Waals surface area contributed by atoms with Crippen molar-refractivity contribution >= 4 is 39.1 Å². The standard InChI is InChI=1S/C24H24BrN3O4/c1-13-20(24(30)28-19-11-10-14(25)12-26-19)21(22-16(27-13)7-5-8-17(22)29)15-6-4-9-18(31-2)23(15)32-3/h4,6,9-12,20-21H,5,7-8H2,1-3H3,(H,26,28,30)/t20?,21-/m0/s1.